The summed E-state index contributed by atoms with van der Waals surface area (Å²) in [6.45, 7) is 0. The van der Waals surface area contributed by atoms with E-state index in [4.69, 9.17) is 5.26 Å². The highest BCUT2D eigenvalue weighted by Gasteiger charge is 2.50. The molecule has 1 N–H and O–H groups in total. The highest BCUT2D eigenvalue weighted by molar-refractivity contribution is 6.05. The van der Waals surface area contributed by atoms with E-state index < -0.39 is 5.41 Å². The molecule has 0 aliphatic heterocycles. The van der Waals surface area contributed by atoms with Crippen molar-refractivity contribution < 1.29 is 4.79 Å². The molecule has 0 bridgehead atoms. The molecule has 2 aromatic rings. The Hall–Kier alpha value is -2.15. The number of hydrogen-bond acceptors (Lipinski definition) is 3. The molecule has 4 heteroatoms. The summed E-state index contributed by atoms with van der Waals surface area (Å²) >= 11 is 0. The fourth-order valence-electron chi connectivity index (χ4n) is 1.87. The Morgan fingerprint density at radius 1 is 1.50 bits per heavy atom. The van der Waals surface area contributed by atoms with Crippen LogP contribution >= 0.6 is 0 Å². The van der Waals surface area contributed by atoms with Crippen molar-refractivity contribution in [3.63, 3.8) is 0 Å². The molecule has 78 valence electrons. The normalized spacial score (nSPS) is 16.9. The van der Waals surface area contributed by atoms with Gasteiger partial charge in [0, 0.05) is 5.56 Å². The van der Waals surface area contributed by atoms with Gasteiger partial charge in [-0.3, -0.25) is 4.79 Å². The number of rotatable bonds is 2. The van der Waals surface area contributed by atoms with Gasteiger partial charge in [-0.25, -0.2) is 4.98 Å². The maximum atomic E-state index is 12.1. The van der Waals surface area contributed by atoms with Crippen molar-refractivity contribution in [1.82, 2.24) is 9.97 Å². The molecule has 0 atom stereocenters. The van der Waals surface area contributed by atoms with Gasteiger partial charge >= 0.3 is 0 Å². The molecule has 4 nitrogen and oxygen atoms in total. The van der Waals surface area contributed by atoms with Crippen LogP contribution in [0.2, 0.25) is 0 Å². The Morgan fingerprint density at radius 3 is 3.00 bits per heavy atom. The molecule has 0 saturated heterocycles. The molecule has 0 radical (unpaired) electrons. The zero-order valence-corrected chi connectivity index (χ0v) is 8.53. The Kier molecular flexibility index (Phi) is 1.66. The van der Waals surface area contributed by atoms with Crippen LogP contribution in [0.15, 0.2) is 24.5 Å². The number of aromatic amines is 1. The van der Waals surface area contributed by atoms with E-state index in [9.17, 15) is 4.79 Å². The number of carbonyl (C=O) groups excluding carboxylic acids is 1. The van der Waals surface area contributed by atoms with Crippen LogP contribution in [-0.4, -0.2) is 15.8 Å². The van der Waals surface area contributed by atoms with E-state index in [1.807, 2.05) is 0 Å². The fraction of sp³-hybridized carbons (Fsp3) is 0.250. The number of benzene rings is 1. The van der Waals surface area contributed by atoms with Crippen LogP contribution in [0.4, 0.5) is 0 Å². The summed E-state index contributed by atoms with van der Waals surface area (Å²) in [5.41, 5.74) is 1.52. The first-order chi connectivity index (χ1) is 7.75. The summed E-state index contributed by atoms with van der Waals surface area (Å²) < 4.78 is 0. The summed E-state index contributed by atoms with van der Waals surface area (Å²) in [6.07, 6.45) is 2.96. The van der Waals surface area contributed by atoms with Crippen LogP contribution in [0.25, 0.3) is 11.0 Å². The maximum absolute atomic E-state index is 12.1. The number of aromatic nitrogens is 2. The largest absolute Gasteiger partial charge is 0.345 e. The van der Waals surface area contributed by atoms with Gasteiger partial charge in [-0.2, -0.15) is 5.26 Å². The van der Waals surface area contributed by atoms with Gasteiger partial charge in [0.05, 0.1) is 23.4 Å². The van der Waals surface area contributed by atoms with Crippen LogP contribution in [0.3, 0.4) is 0 Å². The molecular formula is C12H9N3O. The van der Waals surface area contributed by atoms with Gasteiger partial charge in [-0.15, -0.1) is 0 Å². The quantitative estimate of drug-likeness (QED) is 0.773. The van der Waals surface area contributed by atoms with Crippen LogP contribution in [-0.2, 0) is 0 Å². The lowest BCUT2D eigenvalue weighted by molar-refractivity contribution is 0.0935. The first-order valence-corrected chi connectivity index (χ1v) is 5.14. The van der Waals surface area contributed by atoms with E-state index in [0.717, 1.165) is 11.0 Å². The second-order valence-electron chi connectivity index (χ2n) is 4.16. The molecule has 1 aliphatic carbocycles. The molecule has 3 rings (SSSR count). The van der Waals surface area contributed by atoms with Gasteiger partial charge in [-0.1, -0.05) is 0 Å². The summed E-state index contributed by atoms with van der Waals surface area (Å²) in [5.74, 6) is -0.0634. The Morgan fingerprint density at radius 2 is 2.31 bits per heavy atom. The fourth-order valence-corrected chi connectivity index (χ4v) is 1.87. The van der Waals surface area contributed by atoms with E-state index in [0.29, 0.717) is 18.4 Å². The predicted molar refractivity (Wildman–Crippen MR) is 57.7 cm³/mol. The first kappa shape index (κ1) is 9.10. The van der Waals surface area contributed by atoms with Crippen molar-refractivity contribution in [2.75, 3.05) is 0 Å². The molecular weight excluding hydrogens is 202 g/mol. The third-order valence-electron chi connectivity index (χ3n) is 3.08. The third kappa shape index (κ3) is 1.15. The SMILES string of the molecule is N#CC1(C(=O)c2ccc3nc[nH]c3c2)CC1. The molecule has 1 heterocycles. The molecule has 1 aromatic heterocycles. The van der Waals surface area contributed by atoms with Crippen LogP contribution in [0, 0.1) is 16.7 Å². The van der Waals surface area contributed by atoms with Gasteiger partial charge in [0.1, 0.15) is 5.41 Å². The monoisotopic (exact) mass is 211 g/mol. The Balaban J connectivity index is 2.06. The lowest BCUT2D eigenvalue weighted by atomic mass is 9.96. The standard InChI is InChI=1S/C12H9N3O/c13-6-12(3-4-12)11(16)8-1-2-9-10(5-8)15-7-14-9/h1-2,5,7H,3-4H2,(H,14,15). The summed E-state index contributed by atoms with van der Waals surface area (Å²) in [7, 11) is 0. The van der Waals surface area contributed by atoms with Crippen molar-refractivity contribution in [1.29, 1.82) is 5.26 Å². The molecule has 1 saturated carbocycles. The highest BCUT2D eigenvalue weighted by Crippen LogP contribution is 2.47. The van der Waals surface area contributed by atoms with E-state index in [1.165, 1.54) is 0 Å². The number of imidazole rings is 1. The minimum Gasteiger partial charge on any atom is -0.345 e. The minimum atomic E-state index is -0.742. The molecule has 1 aromatic carbocycles. The molecule has 1 aliphatic rings. The molecule has 1 fully saturated rings. The Labute approximate surface area is 91.9 Å². The van der Waals surface area contributed by atoms with Crippen molar-refractivity contribution in [2.45, 2.75) is 12.8 Å². The number of ketones is 1. The zero-order chi connectivity index (χ0) is 11.2. The second kappa shape index (κ2) is 2.92. The number of nitrogens with zero attached hydrogens (tertiary/aromatic N) is 2. The predicted octanol–water partition coefficient (Wildman–Crippen LogP) is 2.05. The van der Waals surface area contributed by atoms with E-state index >= 15 is 0 Å². The number of nitriles is 1. The molecule has 0 amide bonds. The summed E-state index contributed by atoms with van der Waals surface area (Å²) in [4.78, 5) is 19.1. The van der Waals surface area contributed by atoms with Gasteiger partial charge in [-0.05, 0) is 31.0 Å². The lowest BCUT2D eigenvalue weighted by Crippen LogP contribution is -2.13. The second-order valence-corrected chi connectivity index (χ2v) is 4.16. The van der Waals surface area contributed by atoms with Crippen molar-refractivity contribution >= 4 is 16.8 Å². The minimum absolute atomic E-state index is 0.0634. The van der Waals surface area contributed by atoms with Crippen LogP contribution in [0.1, 0.15) is 23.2 Å². The number of fused-ring (bicyclic) bond motifs is 1. The van der Waals surface area contributed by atoms with Crippen LogP contribution < -0.4 is 0 Å². The molecule has 0 spiro atoms. The van der Waals surface area contributed by atoms with Gasteiger partial charge in [0.15, 0.2) is 5.78 Å². The number of Topliss-reactive ketones (excluding diaryl/α,β-unsaturated/α-hetero) is 1. The summed E-state index contributed by atoms with van der Waals surface area (Å²) in [5, 5.41) is 8.97. The Bertz CT molecular complexity index is 616. The van der Waals surface area contributed by atoms with Gasteiger partial charge < -0.3 is 4.98 Å². The zero-order valence-electron chi connectivity index (χ0n) is 8.53. The van der Waals surface area contributed by atoms with E-state index in [2.05, 4.69) is 16.0 Å². The highest BCUT2D eigenvalue weighted by atomic mass is 16.1. The molecule has 16 heavy (non-hydrogen) atoms. The summed E-state index contributed by atoms with van der Waals surface area (Å²) in [6, 6.07) is 7.42. The average Bonchev–Trinajstić information content (AvgIpc) is 2.98. The van der Waals surface area contributed by atoms with Gasteiger partial charge in [0.25, 0.3) is 0 Å². The van der Waals surface area contributed by atoms with Crippen molar-refractivity contribution in [3.05, 3.63) is 30.1 Å². The van der Waals surface area contributed by atoms with Crippen molar-refractivity contribution in [3.8, 4) is 6.07 Å². The topological polar surface area (TPSA) is 69.5 Å². The lowest BCUT2D eigenvalue weighted by Gasteiger charge is -2.04. The third-order valence-corrected chi connectivity index (χ3v) is 3.08. The van der Waals surface area contributed by atoms with E-state index in [1.54, 1.807) is 24.5 Å². The number of H-pyrrole nitrogens is 1. The smallest absolute Gasteiger partial charge is 0.183 e. The molecule has 0 unspecified atom stereocenters. The van der Waals surface area contributed by atoms with E-state index in [-0.39, 0.29) is 5.78 Å². The van der Waals surface area contributed by atoms with Crippen LogP contribution in [0.5, 0.6) is 0 Å². The average molecular weight is 211 g/mol. The number of carbonyl (C=O) groups is 1. The van der Waals surface area contributed by atoms with Gasteiger partial charge in [0.2, 0.25) is 0 Å². The van der Waals surface area contributed by atoms with Crippen molar-refractivity contribution in [2.24, 2.45) is 5.41 Å². The first-order valence-electron chi connectivity index (χ1n) is 5.14. The maximum Gasteiger partial charge on any atom is 0.183 e. The number of nitrogens with one attached hydrogen (secondary N) is 1. The number of hydrogen-bond donors (Lipinski definition) is 1.